The van der Waals surface area contributed by atoms with Crippen LogP contribution in [-0.2, 0) is 11.2 Å². The second kappa shape index (κ2) is 5.41. The molecule has 1 fully saturated rings. The second-order valence-electron chi connectivity index (χ2n) is 4.95. The van der Waals surface area contributed by atoms with Crippen molar-refractivity contribution < 1.29 is 4.79 Å². The third-order valence-corrected chi connectivity index (χ3v) is 4.37. The van der Waals surface area contributed by atoms with Crippen molar-refractivity contribution in [3.05, 3.63) is 28.2 Å². The highest BCUT2D eigenvalue weighted by Crippen LogP contribution is 2.41. The number of nitrogens with two attached hydrogens (primary N) is 1. The van der Waals surface area contributed by atoms with Crippen LogP contribution in [0.1, 0.15) is 31.7 Å². The maximum absolute atomic E-state index is 12.3. The fourth-order valence-corrected chi connectivity index (χ4v) is 2.77. The summed E-state index contributed by atoms with van der Waals surface area (Å²) in [5, 5.41) is 3.04. The molecule has 1 aliphatic rings. The Hall–Kier alpha value is -0.870. The number of carbonyl (C=O) groups is 1. The minimum atomic E-state index is -0.321. The Kier molecular flexibility index (Phi) is 4.07. The van der Waals surface area contributed by atoms with E-state index in [2.05, 4.69) is 28.2 Å². The smallest absolute Gasteiger partial charge is 0.231 e. The van der Waals surface area contributed by atoms with Gasteiger partial charge in [0.05, 0.1) is 5.41 Å². The Morgan fingerprint density at radius 3 is 2.72 bits per heavy atom. The lowest BCUT2D eigenvalue weighted by molar-refractivity contribution is -0.129. The predicted molar refractivity (Wildman–Crippen MR) is 77.5 cm³/mol. The average Bonchev–Trinajstić information content (AvgIpc) is 2.30. The summed E-state index contributed by atoms with van der Waals surface area (Å²) in [6, 6.07) is 5.94. The van der Waals surface area contributed by atoms with Gasteiger partial charge in [0.25, 0.3) is 0 Å². The van der Waals surface area contributed by atoms with Crippen LogP contribution >= 0.6 is 15.9 Å². The molecular formula is C14H19BrN2O. The Bertz CT molecular complexity index is 450. The quantitative estimate of drug-likeness (QED) is 0.898. The molecule has 4 heteroatoms. The van der Waals surface area contributed by atoms with Gasteiger partial charge >= 0.3 is 0 Å². The van der Waals surface area contributed by atoms with Gasteiger partial charge in [-0.05, 0) is 43.0 Å². The highest BCUT2D eigenvalue weighted by atomic mass is 79.9. The van der Waals surface area contributed by atoms with Gasteiger partial charge in [-0.1, -0.05) is 29.3 Å². The van der Waals surface area contributed by atoms with Crippen LogP contribution in [0.3, 0.4) is 0 Å². The summed E-state index contributed by atoms with van der Waals surface area (Å²) in [4.78, 5) is 12.3. The van der Waals surface area contributed by atoms with Gasteiger partial charge in [0.2, 0.25) is 5.91 Å². The number of nitrogens with one attached hydrogen (secondary N) is 1. The average molecular weight is 311 g/mol. The SMILES string of the molecule is CCc1cc(Br)ccc1NC(=O)C1(CN)CCC1. The normalized spacial score (nSPS) is 17.1. The summed E-state index contributed by atoms with van der Waals surface area (Å²) < 4.78 is 1.04. The molecule has 1 aromatic carbocycles. The van der Waals surface area contributed by atoms with E-state index in [4.69, 9.17) is 5.73 Å². The van der Waals surface area contributed by atoms with Crippen molar-refractivity contribution in [1.29, 1.82) is 0 Å². The summed E-state index contributed by atoms with van der Waals surface area (Å²) in [6.07, 6.45) is 3.82. The van der Waals surface area contributed by atoms with Crippen molar-refractivity contribution in [2.75, 3.05) is 11.9 Å². The highest BCUT2D eigenvalue weighted by Gasteiger charge is 2.42. The summed E-state index contributed by atoms with van der Waals surface area (Å²) in [7, 11) is 0. The third-order valence-electron chi connectivity index (χ3n) is 3.88. The second-order valence-corrected chi connectivity index (χ2v) is 5.86. The number of hydrogen-bond acceptors (Lipinski definition) is 2. The molecular weight excluding hydrogens is 292 g/mol. The van der Waals surface area contributed by atoms with Crippen LogP contribution < -0.4 is 11.1 Å². The van der Waals surface area contributed by atoms with Gasteiger partial charge in [-0.15, -0.1) is 0 Å². The van der Waals surface area contributed by atoms with Crippen molar-refractivity contribution in [2.45, 2.75) is 32.6 Å². The van der Waals surface area contributed by atoms with Crippen LogP contribution in [0.15, 0.2) is 22.7 Å². The first-order chi connectivity index (χ1) is 8.61. The lowest BCUT2D eigenvalue weighted by atomic mass is 9.68. The van der Waals surface area contributed by atoms with Crippen molar-refractivity contribution in [3.63, 3.8) is 0 Å². The Morgan fingerprint density at radius 1 is 1.50 bits per heavy atom. The first-order valence-electron chi connectivity index (χ1n) is 6.41. The van der Waals surface area contributed by atoms with Gasteiger partial charge in [-0.2, -0.15) is 0 Å². The minimum absolute atomic E-state index is 0.0771. The van der Waals surface area contributed by atoms with Gasteiger partial charge in [0.1, 0.15) is 0 Å². The minimum Gasteiger partial charge on any atom is -0.329 e. The zero-order valence-electron chi connectivity index (χ0n) is 10.6. The lowest BCUT2D eigenvalue weighted by Gasteiger charge is -2.39. The fraction of sp³-hybridized carbons (Fsp3) is 0.500. The molecule has 2 rings (SSSR count). The summed E-state index contributed by atoms with van der Waals surface area (Å²) >= 11 is 3.45. The van der Waals surface area contributed by atoms with E-state index in [1.807, 2.05) is 18.2 Å². The van der Waals surface area contributed by atoms with E-state index in [-0.39, 0.29) is 11.3 Å². The van der Waals surface area contributed by atoms with Crippen LogP contribution in [0.2, 0.25) is 0 Å². The van der Waals surface area contributed by atoms with Crippen LogP contribution in [0.4, 0.5) is 5.69 Å². The molecule has 0 atom stereocenters. The molecule has 1 amide bonds. The largest absolute Gasteiger partial charge is 0.329 e. The van der Waals surface area contributed by atoms with Gasteiger partial charge in [-0.3, -0.25) is 4.79 Å². The highest BCUT2D eigenvalue weighted by molar-refractivity contribution is 9.10. The van der Waals surface area contributed by atoms with Crippen molar-refractivity contribution >= 4 is 27.5 Å². The number of rotatable bonds is 4. The lowest BCUT2D eigenvalue weighted by Crippen LogP contribution is -2.47. The van der Waals surface area contributed by atoms with Crippen molar-refractivity contribution in [1.82, 2.24) is 0 Å². The number of amides is 1. The van der Waals surface area contributed by atoms with Gasteiger partial charge in [0.15, 0.2) is 0 Å². The van der Waals surface area contributed by atoms with E-state index in [1.54, 1.807) is 0 Å². The molecule has 0 saturated heterocycles. The van der Waals surface area contributed by atoms with Crippen LogP contribution in [0.25, 0.3) is 0 Å². The molecule has 0 aromatic heterocycles. The van der Waals surface area contributed by atoms with Gasteiger partial charge < -0.3 is 11.1 Å². The third kappa shape index (κ3) is 2.45. The number of halogens is 1. The monoisotopic (exact) mass is 310 g/mol. The van der Waals surface area contributed by atoms with Gasteiger partial charge in [0, 0.05) is 16.7 Å². The van der Waals surface area contributed by atoms with E-state index in [0.717, 1.165) is 41.4 Å². The van der Waals surface area contributed by atoms with Crippen LogP contribution in [-0.4, -0.2) is 12.5 Å². The van der Waals surface area contributed by atoms with E-state index >= 15 is 0 Å². The van der Waals surface area contributed by atoms with E-state index in [1.165, 1.54) is 0 Å². The topological polar surface area (TPSA) is 55.1 Å². The van der Waals surface area contributed by atoms with E-state index in [9.17, 15) is 4.79 Å². The maximum atomic E-state index is 12.3. The maximum Gasteiger partial charge on any atom is 0.231 e. The summed E-state index contributed by atoms with van der Waals surface area (Å²) in [6.45, 7) is 2.52. The number of carbonyl (C=O) groups excluding carboxylic acids is 1. The summed E-state index contributed by atoms with van der Waals surface area (Å²) in [5.41, 5.74) is 7.48. The summed E-state index contributed by atoms with van der Waals surface area (Å²) in [5.74, 6) is 0.0771. The Balaban J connectivity index is 2.16. The van der Waals surface area contributed by atoms with E-state index in [0.29, 0.717) is 6.54 Å². The Morgan fingerprint density at radius 2 is 2.22 bits per heavy atom. The predicted octanol–water partition coefficient (Wildman–Crippen LogP) is 3.08. The van der Waals surface area contributed by atoms with Crippen LogP contribution in [0, 0.1) is 5.41 Å². The number of benzene rings is 1. The van der Waals surface area contributed by atoms with Gasteiger partial charge in [-0.25, -0.2) is 0 Å². The zero-order chi connectivity index (χ0) is 13.2. The standard InChI is InChI=1S/C14H19BrN2O/c1-2-10-8-11(15)4-5-12(10)17-13(18)14(9-16)6-3-7-14/h4-5,8H,2-3,6-7,9,16H2,1H3,(H,17,18). The molecule has 18 heavy (non-hydrogen) atoms. The first-order valence-corrected chi connectivity index (χ1v) is 7.20. The zero-order valence-corrected chi connectivity index (χ0v) is 12.2. The molecule has 1 aromatic rings. The number of anilines is 1. The fourth-order valence-electron chi connectivity index (χ4n) is 2.36. The number of hydrogen-bond donors (Lipinski definition) is 2. The molecule has 0 bridgehead atoms. The Labute approximate surface area is 116 Å². The molecule has 0 heterocycles. The molecule has 1 saturated carbocycles. The molecule has 1 aliphatic carbocycles. The molecule has 98 valence electrons. The molecule has 0 aliphatic heterocycles. The molecule has 0 spiro atoms. The molecule has 0 radical (unpaired) electrons. The first kappa shape index (κ1) is 13.6. The van der Waals surface area contributed by atoms with Crippen molar-refractivity contribution in [2.24, 2.45) is 11.1 Å². The van der Waals surface area contributed by atoms with E-state index < -0.39 is 0 Å². The van der Waals surface area contributed by atoms with Crippen LogP contribution in [0.5, 0.6) is 0 Å². The molecule has 3 N–H and O–H groups in total. The number of aryl methyl sites for hydroxylation is 1. The molecule has 0 unspecified atom stereocenters. The van der Waals surface area contributed by atoms with Crippen molar-refractivity contribution in [3.8, 4) is 0 Å². The molecule has 3 nitrogen and oxygen atoms in total.